The fraction of sp³-hybridized carbons (Fsp3) is 0.561. The van der Waals surface area contributed by atoms with Gasteiger partial charge in [0.1, 0.15) is 47.0 Å². The van der Waals surface area contributed by atoms with Crippen LogP contribution >= 0.6 is 0 Å². The number of methoxy groups -OCH3 is 1. The van der Waals surface area contributed by atoms with E-state index < -0.39 is 11.4 Å². The number of piperazine rings is 1. The van der Waals surface area contributed by atoms with Gasteiger partial charge in [-0.2, -0.15) is 9.97 Å². The van der Waals surface area contributed by atoms with Crippen molar-refractivity contribution < 1.29 is 32.9 Å². The van der Waals surface area contributed by atoms with Gasteiger partial charge in [-0.15, -0.1) is 0 Å². The maximum atomic E-state index is 17.6. The van der Waals surface area contributed by atoms with E-state index in [0.717, 1.165) is 74.4 Å². The maximum absolute atomic E-state index is 17.6. The van der Waals surface area contributed by atoms with E-state index in [0.29, 0.717) is 35.7 Å². The molecule has 2 aromatic heterocycles. The smallest absolute Gasteiger partial charge is 0.410 e. The number of aromatic nitrogens is 3. The van der Waals surface area contributed by atoms with Crippen molar-refractivity contribution in [2.75, 3.05) is 51.7 Å². The largest absolute Gasteiger partial charge is 0.475 e. The van der Waals surface area contributed by atoms with Crippen LogP contribution in [0.5, 0.6) is 17.6 Å². The van der Waals surface area contributed by atoms with Gasteiger partial charge in [-0.05, 0) is 107 Å². The molecule has 2 aromatic carbocycles. The van der Waals surface area contributed by atoms with Crippen LogP contribution in [0.3, 0.4) is 0 Å². The molecule has 4 fully saturated rings. The average Bonchev–Trinajstić information content (AvgIpc) is 3.80. The SMILES string of the molecule is CCc1cccc2cc(OCOC)cc(-c3nc4c5c(nc(OCC67CCCN6CCC7)nc5c3F)N3C[C@@H]5CC[C@H]([C@@H]3CO4)N5C(=O)OC(C)(C)C)c12. The molecule has 0 spiro atoms. The van der Waals surface area contributed by atoms with Crippen molar-refractivity contribution in [1.29, 1.82) is 0 Å². The van der Waals surface area contributed by atoms with Gasteiger partial charge in [-0.25, -0.2) is 14.2 Å². The molecular weight excluding hydrogens is 691 g/mol. The molecule has 5 aliphatic heterocycles. The Morgan fingerprint density at radius 2 is 1.85 bits per heavy atom. The number of fused-ring (bicyclic) bond motifs is 7. The Bertz CT molecular complexity index is 2110. The highest BCUT2D eigenvalue weighted by molar-refractivity contribution is 6.03. The van der Waals surface area contributed by atoms with Gasteiger partial charge in [-0.1, -0.05) is 25.1 Å². The minimum Gasteiger partial charge on any atom is -0.475 e. The number of benzene rings is 2. The molecule has 9 rings (SSSR count). The number of carbonyl (C=O) groups excluding carboxylic acids is 1. The van der Waals surface area contributed by atoms with Gasteiger partial charge in [0, 0.05) is 19.2 Å². The molecule has 2 bridgehead atoms. The first-order chi connectivity index (χ1) is 26.1. The van der Waals surface area contributed by atoms with Gasteiger partial charge in [0.15, 0.2) is 12.6 Å². The number of anilines is 1. The molecule has 0 radical (unpaired) electrons. The normalized spacial score (nSPS) is 23.0. The van der Waals surface area contributed by atoms with Gasteiger partial charge >= 0.3 is 12.1 Å². The number of hydrogen-bond donors (Lipinski definition) is 0. The highest BCUT2D eigenvalue weighted by Gasteiger charge is 2.52. The summed E-state index contributed by atoms with van der Waals surface area (Å²) < 4.78 is 47.8. The number of carbonyl (C=O) groups is 1. The minimum atomic E-state index is -0.631. The average molecular weight is 741 g/mol. The van der Waals surface area contributed by atoms with E-state index >= 15 is 4.39 Å². The Kier molecular flexibility index (Phi) is 8.72. The molecule has 4 saturated heterocycles. The van der Waals surface area contributed by atoms with Gasteiger partial charge in [0.2, 0.25) is 5.88 Å². The van der Waals surface area contributed by atoms with Gasteiger partial charge in [0.05, 0.1) is 23.7 Å². The van der Waals surface area contributed by atoms with E-state index in [4.69, 9.17) is 38.6 Å². The highest BCUT2D eigenvalue weighted by Crippen LogP contribution is 2.47. The summed E-state index contributed by atoms with van der Waals surface area (Å²) in [5, 5.41) is 2.18. The zero-order valence-electron chi connectivity index (χ0n) is 31.8. The van der Waals surface area contributed by atoms with Crippen LogP contribution in [0.2, 0.25) is 0 Å². The molecule has 7 heterocycles. The van der Waals surface area contributed by atoms with E-state index in [9.17, 15) is 4.79 Å². The quantitative estimate of drug-likeness (QED) is 0.176. The van der Waals surface area contributed by atoms with E-state index in [1.807, 2.05) is 49.9 Å². The molecule has 0 aliphatic carbocycles. The van der Waals surface area contributed by atoms with Crippen LogP contribution in [0.1, 0.15) is 71.8 Å². The van der Waals surface area contributed by atoms with Gasteiger partial charge < -0.3 is 28.6 Å². The Hall–Kier alpha value is -4.49. The summed E-state index contributed by atoms with van der Waals surface area (Å²) in [6.45, 7) is 11.0. The second-order valence-corrected chi connectivity index (χ2v) is 16.4. The van der Waals surface area contributed by atoms with Crippen LogP contribution in [-0.4, -0.2) is 107 Å². The lowest BCUT2D eigenvalue weighted by molar-refractivity contribution is 0.00537. The number of nitrogens with zero attached hydrogens (tertiary/aromatic N) is 6. The fourth-order valence-electron chi connectivity index (χ4n) is 9.74. The molecule has 0 saturated carbocycles. The third kappa shape index (κ3) is 5.85. The summed E-state index contributed by atoms with van der Waals surface area (Å²) >= 11 is 0. The van der Waals surface area contributed by atoms with E-state index in [-0.39, 0.29) is 66.3 Å². The monoisotopic (exact) mass is 740 g/mol. The predicted octanol–water partition coefficient (Wildman–Crippen LogP) is 6.89. The number of pyridine rings is 1. The Morgan fingerprint density at radius 3 is 2.61 bits per heavy atom. The van der Waals surface area contributed by atoms with Crippen LogP contribution in [0.25, 0.3) is 32.9 Å². The Morgan fingerprint density at radius 1 is 1.04 bits per heavy atom. The molecule has 286 valence electrons. The molecule has 0 N–H and O–H groups in total. The maximum Gasteiger partial charge on any atom is 0.410 e. The van der Waals surface area contributed by atoms with E-state index in [1.54, 1.807) is 7.11 Å². The molecule has 12 nitrogen and oxygen atoms in total. The van der Waals surface area contributed by atoms with Crippen molar-refractivity contribution in [1.82, 2.24) is 24.8 Å². The number of hydrogen-bond acceptors (Lipinski definition) is 11. The second kappa shape index (κ2) is 13.4. The standard InChI is InChI=1S/C41H49FN6O6/c1-6-24-10-7-11-25-18-27(53-23-50-5)19-28(31(24)25)34-33(42)35-32-36(45-38(44-35)52-22-41-14-8-16-46(41)17-9-15-41)47-20-26-12-13-29(30(47)21-51-37(32)43-34)48(26)39(49)54-40(2,3)4/h7,10-11,18-19,26,29-30H,6,8-9,12-17,20-23H2,1-5H3/t26-,29+,30-/m0/s1. The van der Waals surface area contributed by atoms with Crippen LogP contribution in [0.4, 0.5) is 15.0 Å². The molecule has 54 heavy (non-hydrogen) atoms. The predicted molar refractivity (Wildman–Crippen MR) is 202 cm³/mol. The summed E-state index contributed by atoms with van der Waals surface area (Å²) in [6, 6.07) is 9.35. The lowest BCUT2D eigenvalue weighted by Gasteiger charge is -2.46. The zero-order chi connectivity index (χ0) is 37.4. The second-order valence-electron chi connectivity index (χ2n) is 16.4. The van der Waals surface area contributed by atoms with Crippen molar-refractivity contribution in [2.24, 2.45) is 0 Å². The third-order valence-corrected chi connectivity index (χ3v) is 12.1. The molecule has 5 aliphatic rings. The molecule has 4 aromatic rings. The molecule has 1 amide bonds. The summed E-state index contributed by atoms with van der Waals surface area (Å²) in [7, 11) is 1.56. The first-order valence-electron chi connectivity index (χ1n) is 19.4. The molecule has 0 unspecified atom stereocenters. The van der Waals surface area contributed by atoms with Crippen molar-refractivity contribution in [3.63, 3.8) is 0 Å². The van der Waals surface area contributed by atoms with Crippen LogP contribution in [-0.2, 0) is 15.9 Å². The first kappa shape index (κ1) is 35.2. The molecule has 13 heteroatoms. The topological polar surface area (TPSA) is 112 Å². The van der Waals surface area contributed by atoms with Crippen LogP contribution in [0, 0.1) is 5.82 Å². The van der Waals surface area contributed by atoms with Crippen LogP contribution in [0.15, 0.2) is 30.3 Å². The number of halogens is 1. The molecular formula is C41H49FN6O6. The lowest BCUT2D eigenvalue weighted by atomic mass is 9.95. The minimum absolute atomic E-state index is 0.0380. The number of ether oxygens (including phenoxy) is 5. The summed E-state index contributed by atoms with van der Waals surface area (Å²) in [5.74, 6) is 0.714. The number of amides is 1. The van der Waals surface area contributed by atoms with E-state index in [1.165, 1.54) is 0 Å². The van der Waals surface area contributed by atoms with Gasteiger partial charge in [0.25, 0.3) is 0 Å². The van der Waals surface area contributed by atoms with Crippen molar-refractivity contribution >= 4 is 33.6 Å². The summed E-state index contributed by atoms with van der Waals surface area (Å²) in [6.07, 6.45) is 6.38. The lowest BCUT2D eigenvalue weighted by Crippen LogP contribution is -2.63. The number of aryl methyl sites for hydroxylation is 1. The van der Waals surface area contributed by atoms with E-state index in [2.05, 4.69) is 22.8 Å². The van der Waals surface area contributed by atoms with Crippen LogP contribution < -0.4 is 19.1 Å². The van der Waals surface area contributed by atoms with Crippen molar-refractivity contribution in [2.45, 2.75) is 102 Å². The third-order valence-electron chi connectivity index (χ3n) is 12.1. The highest BCUT2D eigenvalue weighted by atomic mass is 19.1. The Labute approximate surface area is 314 Å². The van der Waals surface area contributed by atoms with Gasteiger partial charge in [-0.3, -0.25) is 9.80 Å². The van der Waals surface area contributed by atoms with Crippen molar-refractivity contribution in [3.05, 3.63) is 41.7 Å². The number of rotatable bonds is 8. The molecule has 3 atom stereocenters. The zero-order valence-corrected chi connectivity index (χ0v) is 31.8. The summed E-state index contributed by atoms with van der Waals surface area (Å²) in [5.41, 5.74) is 1.13. The summed E-state index contributed by atoms with van der Waals surface area (Å²) in [4.78, 5) is 35.1. The fourth-order valence-corrected chi connectivity index (χ4v) is 9.74. The van der Waals surface area contributed by atoms with Crippen molar-refractivity contribution in [3.8, 4) is 28.9 Å². The Balaban J connectivity index is 1.20. The first-order valence-corrected chi connectivity index (χ1v) is 19.4.